The van der Waals surface area contributed by atoms with E-state index in [-0.39, 0.29) is 17.8 Å². The van der Waals surface area contributed by atoms with E-state index in [1.165, 1.54) is 12.1 Å². The number of hydrogen-bond acceptors (Lipinski definition) is 4. The van der Waals surface area contributed by atoms with Gasteiger partial charge in [-0.25, -0.2) is 9.18 Å². The summed E-state index contributed by atoms with van der Waals surface area (Å²) in [4.78, 5) is 29.0. The first kappa shape index (κ1) is 19.2. The number of nitrogens with one attached hydrogen (secondary N) is 1. The van der Waals surface area contributed by atoms with Gasteiger partial charge >= 0.3 is 6.09 Å². The second kappa shape index (κ2) is 7.70. The van der Waals surface area contributed by atoms with Crippen LogP contribution in [0.1, 0.15) is 44.6 Å². The van der Waals surface area contributed by atoms with Crippen molar-refractivity contribution in [3.63, 3.8) is 0 Å². The molecule has 7 heteroatoms. The number of halogens is 1. The van der Waals surface area contributed by atoms with Gasteiger partial charge in [-0.2, -0.15) is 0 Å². The zero-order valence-corrected chi connectivity index (χ0v) is 16.4. The molecule has 2 fully saturated rings. The Hall–Kier alpha value is -2.15. The molecular weight excluding hydrogens is 361 g/mol. The van der Waals surface area contributed by atoms with E-state index in [0.717, 1.165) is 63.0 Å². The average molecular weight is 389 g/mol. The molecule has 2 amide bonds. The van der Waals surface area contributed by atoms with Crippen LogP contribution in [-0.2, 0) is 14.9 Å². The molecule has 0 atom stereocenters. The van der Waals surface area contributed by atoms with Crippen molar-refractivity contribution < 1.29 is 18.7 Å². The van der Waals surface area contributed by atoms with Crippen LogP contribution in [0.15, 0.2) is 18.2 Å². The highest BCUT2D eigenvalue weighted by molar-refractivity contribution is 6.06. The summed E-state index contributed by atoms with van der Waals surface area (Å²) in [6.45, 7) is 5.39. The lowest BCUT2D eigenvalue weighted by Crippen LogP contribution is -2.46. The largest absolute Gasteiger partial charge is 0.450 e. The first-order chi connectivity index (χ1) is 13.5. The highest BCUT2D eigenvalue weighted by Crippen LogP contribution is 2.48. The maximum absolute atomic E-state index is 13.8. The quantitative estimate of drug-likeness (QED) is 0.844. The zero-order valence-electron chi connectivity index (χ0n) is 16.4. The number of amides is 2. The van der Waals surface area contributed by atoms with Gasteiger partial charge in [0.05, 0.1) is 12.0 Å². The van der Waals surface area contributed by atoms with Crippen LogP contribution < -0.4 is 5.32 Å². The summed E-state index contributed by atoms with van der Waals surface area (Å²) in [5.41, 5.74) is 0.988. The van der Waals surface area contributed by atoms with Crippen molar-refractivity contribution in [2.45, 2.75) is 50.5 Å². The SMILES string of the molecule is CCOC(=O)N1CCCN(C2CCC3(CC2)C(=O)Nc2ccc(F)cc23)CC1. The molecule has 1 spiro atoms. The van der Waals surface area contributed by atoms with Crippen LogP contribution in [-0.4, -0.2) is 60.6 Å². The van der Waals surface area contributed by atoms with E-state index in [4.69, 9.17) is 4.74 Å². The number of carbonyl (C=O) groups is 2. The number of nitrogens with zero attached hydrogens (tertiary/aromatic N) is 2. The van der Waals surface area contributed by atoms with E-state index in [0.29, 0.717) is 19.2 Å². The predicted molar refractivity (Wildman–Crippen MR) is 104 cm³/mol. The molecule has 2 aliphatic heterocycles. The average Bonchev–Trinajstić information content (AvgIpc) is 2.86. The zero-order chi connectivity index (χ0) is 19.7. The molecule has 0 aromatic heterocycles. The van der Waals surface area contributed by atoms with Crippen molar-refractivity contribution in [1.29, 1.82) is 0 Å². The van der Waals surface area contributed by atoms with E-state index < -0.39 is 5.41 Å². The molecule has 0 unspecified atom stereocenters. The molecule has 1 N–H and O–H groups in total. The van der Waals surface area contributed by atoms with E-state index in [1.807, 2.05) is 6.92 Å². The minimum atomic E-state index is -0.587. The molecule has 4 rings (SSSR count). The van der Waals surface area contributed by atoms with Gasteiger partial charge < -0.3 is 15.0 Å². The van der Waals surface area contributed by atoms with E-state index in [9.17, 15) is 14.0 Å². The molecule has 0 radical (unpaired) electrons. The van der Waals surface area contributed by atoms with Crippen molar-refractivity contribution in [3.05, 3.63) is 29.6 Å². The fourth-order valence-electron chi connectivity index (χ4n) is 5.04. The summed E-state index contributed by atoms with van der Waals surface area (Å²) in [5.74, 6) is -0.278. The molecule has 28 heavy (non-hydrogen) atoms. The second-order valence-electron chi connectivity index (χ2n) is 8.03. The van der Waals surface area contributed by atoms with Gasteiger partial charge in [0.15, 0.2) is 0 Å². The molecule has 152 valence electrons. The summed E-state index contributed by atoms with van der Waals surface area (Å²) >= 11 is 0. The second-order valence-corrected chi connectivity index (χ2v) is 8.03. The molecule has 6 nitrogen and oxygen atoms in total. The Bertz CT molecular complexity index is 761. The molecular formula is C21H28FN3O3. The summed E-state index contributed by atoms with van der Waals surface area (Å²) in [6, 6.07) is 4.99. The normalized spacial score (nSPS) is 28.0. The minimum Gasteiger partial charge on any atom is -0.450 e. The Morgan fingerprint density at radius 2 is 2.04 bits per heavy atom. The molecule has 1 saturated carbocycles. The number of anilines is 1. The predicted octanol–water partition coefficient (Wildman–Crippen LogP) is 3.12. The van der Waals surface area contributed by atoms with E-state index in [2.05, 4.69) is 10.2 Å². The molecule has 0 bridgehead atoms. The van der Waals surface area contributed by atoms with Gasteiger partial charge in [-0.15, -0.1) is 0 Å². The number of rotatable bonds is 2. The van der Waals surface area contributed by atoms with Crippen molar-refractivity contribution in [2.75, 3.05) is 38.1 Å². The smallest absolute Gasteiger partial charge is 0.409 e. The maximum atomic E-state index is 13.8. The third kappa shape index (κ3) is 3.36. The van der Waals surface area contributed by atoms with Gasteiger partial charge in [0.2, 0.25) is 5.91 Å². The fraction of sp³-hybridized carbons (Fsp3) is 0.619. The van der Waals surface area contributed by atoms with Crippen LogP contribution in [0.3, 0.4) is 0 Å². The van der Waals surface area contributed by atoms with Gasteiger partial charge in [-0.05, 0) is 62.8 Å². The van der Waals surface area contributed by atoms with Gasteiger partial charge in [0, 0.05) is 37.9 Å². The highest BCUT2D eigenvalue weighted by atomic mass is 19.1. The van der Waals surface area contributed by atoms with Gasteiger partial charge in [0.1, 0.15) is 5.82 Å². The minimum absolute atomic E-state index is 0.0101. The summed E-state index contributed by atoms with van der Waals surface area (Å²) in [5, 5.41) is 2.94. The Balaban J connectivity index is 1.41. The first-order valence-corrected chi connectivity index (χ1v) is 10.3. The van der Waals surface area contributed by atoms with Crippen LogP contribution in [0.5, 0.6) is 0 Å². The lowest BCUT2D eigenvalue weighted by molar-refractivity contribution is -0.122. The Morgan fingerprint density at radius 3 is 2.79 bits per heavy atom. The lowest BCUT2D eigenvalue weighted by atomic mass is 9.68. The standard InChI is InChI=1S/C21H28FN3O3/c1-2-28-20(27)25-11-3-10-24(12-13-25)16-6-8-21(9-7-16)17-14-15(22)4-5-18(17)23-19(21)26/h4-5,14,16H,2-3,6-13H2,1H3,(H,23,26). The molecule has 1 aliphatic carbocycles. The molecule has 1 aromatic carbocycles. The monoisotopic (exact) mass is 389 g/mol. The number of fused-ring (bicyclic) bond motifs is 2. The van der Waals surface area contributed by atoms with Gasteiger partial charge in [0.25, 0.3) is 0 Å². The molecule has 2 heterocycles. The van der Waals surface area contributed by atoms with Gasteiger partial charge in [-0.3, -0.25) is 9.69 Å². The van der Waals surface area contributed by atoms with Crippen LogP contribution in [0.2, 0.25) is 0 Å². The lowest BCUT2D eigenvalue weighted by Gasteiger charge is -2.40. The number of benzene rings is 1. The van der Waals surface area contributed by atoms with Crippen LogP contribution >= 0.6 is 0 Å². The Morgan fingerprint density at radius 1 is 1.25 bits per heavy atom. The first-order valence-electron chi connectivity index (χ1n) is 10.3. The number of ether oxygens (including phenoxy) is 1. The molecule has 3 aliphatic rings. The topological polar surface area (TPSA) is 61.9 Å². The van der Waals surface area contributed by atoms with Crippen LogP contribution in [0.4, 0.5) is 14.9 Å². The van der Waals surface area contributed by atoms with E-state index >= 15 is 0 Å². The van der Waals surface area contributed by atoms with Crippen molar-refractivity contribution in [1.82, 2.24) is 9.80 Å². The third-order valence-corrected chi connectivity index (χ3v) is 6.56. The van der Waals surface area contributed by atoms with Crippen molar-refractivity contribution in [3.8, 4) is 0 Å². The highest BCUT2D eigenvalue weighted by Gasteiger charge is 2.49. The Labute approximate surface area is 165 Å². The molecule has 1 aromatic rings. The summed E-state index contributed by atoms with van der Waals surface area (Å²) in [6.07, 6.45) is 3.98. The van der Waals surface area contributed by atoms with E-state index in [1.54, 1.807) is 11.0 Å². The van der Waals surface area contributed by atoms with Crippen molar-refractivity contribution >= 4 is 17.7 Å². The Kier molecular flexibility index (Phi) is 5.27. The van der Waals surface area contributed by atoms with Gasteiger partial charge in [-0.1, -0.05) is 0 Å². The number of hydrogen-bond donors (Lipinski definition) is 1. The van der Waals surface area contributed by atoms with Crippen LogP contribution in [0.25, 0.3) is 0 Å². The maximum Gasteiger partial charge on any atom is 0.409 e. The van der Waals surface area contributed by atoms with Crippen molar-refractivity contribution in [2.24, 2.45) is 0 Å². The fourth-order valence-corrected chi connectivity index (χ4v) is 5.04. The third-order valence-electron chi connectivity index (χ3n) is 6.56. The molecule has 1 saturated heterocycles. The summed E-state index contributed by atoms with van der Waals surface area (Å²) < 4.78 is 18.9. The van der Waals surface area contributed by atoms with Crippen LogP contribution in [0, 0.1) is 5.82 Å². The summed E-state index contributed by atoms with van der Waals surface area (Å²) in [7, 11) is 0. The number of carbonyl (C=O) groups excluding carboxylic acids is 2.